The van der Waals surface area contributed by atoms with E-state index in [0.29, 0.717) is 17.9 Å². The first kappa shape index (κ1) is 17.1. The summed E-state index contributed by atoms with van der Waals surface area (Å²) in [6.45, 7) is 0.587. The van der Waals surface area contributed by atoms with Crippen LogP contribution in [0.3, 0.4) is 0 Å². The molecule has 2 aliphatic rings. The molecule has 0 fully saturated rings. The summed E-state index contributed by atoms with van der Waals surface area (Å²) in [5, 5.41) is 10.2. The molecular formula is C22H15IN4O. The van der Waals surface area contributed by atoms with E-state index in [2.05, 4.69) is 57.1 Å². The van der Waals surface area contributed by atoms with Gasteiger partial charge in [-0.15, -0.1) is 0 Å². The van der Waals surface area contributed by atoms with Crippen LogP contribution < -0.4 is 5.56 Å². The van der Waals surface area contributed by atoms with E-state index in [1.165, 1.54) is 8.25 Å². The van der Waals surface area contributed by atoms with Gasteiger partial charge < -0.3 is 0 Å². The number of benzene rings is 3. The summed E-state index contributed by atoms with van der Waals surface area (Å²) in [4.78, 5) is 13.0. The smallest absolute Gasteiger partial charge is 0.265 e. The van der Waals surface area contributed by atoms with Gasteiger partial charge in [0.1, 0.15) is 5.69 Å². The average Bonchev–Trinajstić information content (AvgIpc) is 3.07. The molecule has 0 bridgehead atoms. The average molecular weight is 478 g/mol. The number of para-hydroxylation sites is 2. The van der Waals surface area contributed by atoms with Gasteiger partial charge in [0.2, 0.25) is 0 Å². The molecule has 3 aromatic rings. The second-order valence-electron chi connectivity index (χ2n) is 6.55. The summed E-state index contributed by atoms with van der Waals surface area (Å²) >= 11 is 2.29. The van der Waals surface area contributed by atoms with Crippen LogP contribution >= 0.6 is 22.6 Å². The Labute approximate surface area is 174 Å². The van der Waals surface area contributed by atoms with Crippen molar-refractivity contribution in [2.45, 2.75) is 6.54 Å². The zero-order valence-corrected chi connectivity index (χ0v) is 16.9. The topological polar surface area (TPSA) is 52.7 Å². The lowest BCUT2D eigenvalue weighted by Crippen LogP contribution is -2.17. The summed E-state index contributed by atoms with van der Waals surface area (Å²) in [5.41, 5.74) is 3.62. The van der Waals surface area contributed by atoms with E-state index in [9.17, 15) is 4.79 Å². The molecule has 0 aliphatic carbocycles. The number of hydrogen-bond acceptors (Lipinski definition) is 3. The summed E-state index contributed by atoms with van der Waals surface area (Å²) in [6.07, 6.45) is 0. The van der Waals surface area contributed by atoms with Gasteiger partial charge in [0.15, 0.2) is 5.69 Å². The Morgan fingerprint density at radius 2 is 1.50 bits per heavy atom. The molecule has 2 aliphatic heterocycles. The molecule has 5 nitrogen and oxygen atoms in total. The van der Waals surface area contributed by atoms with E-state index in [1.807, 2.05) is 59.3 Å². The minimum absolute atomic E-state index is 0.205. The molecule has 0 saturated carbocycles. The fourth-order valence-electron chi connectivity index (χ4n) is 3.37. The van der Waals surface area contributed by atoms with E-state index >= 15 is 0 Å². The minimum Gasteiger partial charge on any atom is -0.265 e. The standard InChI is InChI=1S/C22H15IN4O/c23-16-12-10-15(11-13-16)14-26-19-9-5-4-8-18(19)20-21(24-26)22(28)27(25-20)17-6-2-1-3-7-17/h1-13H,14H2. The van der Waals surface area contributed by atoms with Crippen LogP contribution in [0.4, 0.5) is 0 Å². The maximum atomic E-state index is 13.0. The number of nitrogens with zero attached hydrogens (tertiary/aromatic N) is 4. The third-order valence-corrected chi connectivity index (χ3v) is 5.44. The van der Waals surface area contributed by atoms with Crippen molar-refractivity contribution in [1.82, 2.24) is 19.6 Å². The largest absolute Gasteiger partial charge is 0.301 e. The third-order valence-electron chi connectivity index (χ3n) is 4.72. The first-order valence-electron chi connectivity index (χ1n) is 8.89. The van der Waals surface area contributed by atoms with Gasteiger partial charge in [0.25, 0.3) is 0 Å². The lowest BCUT2D eigenvalue weighted by molar-refractivity contribution is 0.699. The molecule has 3 aromatic carbocycles. The monoisotopic (exact) mass is 478 g/mol. The first-order chi connectivity index (χ1) is 13.7. The van der Waals surface area contributed by atoms with Crippen LogP contribution in [-0.2, 0) is 6.54 Å². The van der Waals surface area contributed by atoms with Gasteiger partial charge in [-0.3, -0.25) is 9.48 Å². The second kappa shape index (κ2) is 6.87. The molecule has 0 N–H and O–H groups in total. The Balaban J connectivity index is 1.75. The van der Waals surface area contributed by atoms with Gasteiger partial charge in [-0.05, 0) is 58.5 Å². The Morgan fingerprint density at radius 3 is 2.29 bits per heavy atom. The fraction of sp³-hybridized carbons (Fsp3) is 0.0455. The Kier molecular flexibility index (Phi) is 4.20. The predicted octanol–water partition coefficient (Wildman–Crippen LogP) is 4.34. The van der Waals surface area contributed by atoms with Crippen molar-refractivity contribution in [2.75, 3.05) is 0 Å². The molecule has 0 spiro atoms. The molecule has 0 amide bonds. The quantitative estimate of drug-likeness (QED) is 0.363. The van der Waals surface area contributed by atoms with Crippen molar-refractivity contribution >= 4 is 33.5 Å². The number of hydrogen-bond donors (Lipinski definition) is 0. The van der Waals surface area contributed by atoms with Gasteiger partial charge in [0, 0.05) is 8.96 Å². The number of rotatable bonds is 3. The molecule has 5 rings (SSSR count). The molecule has 6 heteroatoms. The predicted molar refractivity (Wildman–Crippen MR) is 118 cm³/mol. The zero-order chi connectivity index (χ0) is 19.1. The summed E-state index contributed by atoms with van der Waals surface area (Å²) < 4.78 is 4.50. The zero-order valence-electron chi connectivity index (χ0n) is 14.8. The normalized spacial score (nSPS) is 11.3. The van der Waals surface area contributed by atoms with Crippen LogP contribution in [0.25, 0.3) is 28.0 Å². The summed E-state index contributed by atoms with van der Waals surface area (Å²) in [6, 6.07) is 25.7. The van der Waals surface area contributed by atoms with Crippen molar-refractivity contribution < 1.29 is 0 Å². The highest BCUT2D eigenvalue weighted by Crippen LogP contribution is 2.26. The molecule has 0 atom stereocenters. The van der Waals surface area contributed by atoms with Crippen molar-refractivity contribution in [3.05, 3.63) is 98.4 Å². The highest BCUT2D eigenvalue weighted by molar-refractivity contribution is 14.1. The van der Waals surface area contributed by atoms with Gasteiger partial charge >= 0.3 is 5.56 Å². The Bertz CT molecular complexity index is 1310. The second-order valence-corrected chi connectivity index (χ2v) is 7.80. The van der Waals surface area contributed by atoms with Gasteiger partial charge in [-0.2, -0.15) is 14.9 Å². The molecule has 0 radical (unpaired) electrons. The van der Waals surface area contributed by atoms with Crippen LogP contribution in [0.2, 0.25) is 0 Å². The van der Waals surface area contributed by atoms with Crippen LogP contribution in [-0.4, -0.2) is 19.6 Å². The Hall–Kier alpha value is -3.00. The first-order valence-corrected chi connectivity index (χ1v) is 9.97. The fourth-order valence-corrected chi connectivity index (χ4v) is 3.73. The van der Waals surface area contributed by atoms with E-state index < -0.39 is 0 Å². The molecule has 136 valence electrons. The van der Waals surface area contributed by atoms with Gasteiger partial charge in [0.05, 0.1) is 17.7 Å². The maximum absolute atomic E-state index is 13.0. The number of halogens is 1. The highest BCUT2D eigenvalue weighted by Gasteiger charge is 2.22. The SMILES string of the molecule is O=c1c2nn(Cc3ccc(I)cc3)c3ccccc3c-2nn1-c1ccccc1. The van der Waals surface area contributed by atoms with Crippen molar-refractivity contribution in [3.8, 4) is 17.1 Å². The lowest BCUT2D eigenvalue weighted by Gasteiger charge is -2.12. The van der Waals surface area contributed by atoms with Crippen molar-refractivity contribution in [2.24, 2.45) is 0 Å². The number of fused-ring (bicyclic) bond motifs is 3. The van der Waals surface area contributed by atoms with E-state index in [0.717, 1.165) is 22.2 Å². The summed E-state index contributed by atoms with van der Waals surface area (Å²) in [5.74, 6) is 0. The van der Waals surface area contributed by atoms with Crippen LogP contribution in [0.1, 0.15) is 5.56 Å². The number of aromatic nitrogens is 4. The third kappa shape index (κ3) is 2.90. The van der Waals surface area contributed by atoms with E-state index in [4.69, 9.17) is 0 Å². The van der Waals surface area contributed by atoms with Crippen LogP contribution in [0.5, 0.6) is 0 Å². The van der Waals surface area contributed by atoms with Crippen LogP contribution in [0, 0.1) is 3.57 Å². The summed E-state index contributed by atoms with van der Waals surface area (Å²) in [7, 11) is 0. The molecule has 2 heterocycles. The highest BCUT2D eigenvalue weighted by atomic mass is 127. The maximum Gasteiger partial charge on any atom is 0.301 e. The van der Waals surface area contributed by atoms with Gasteiger partial charge in [-0.1, -0.05) is 48.5 Å². The van der Waals surface area contributed by atoms with Crippen molar-refractivity contribution in [3.63, 3.8) is 0 Å². The molecule has 28 heavy (non-hydrogen) atoms. The molecule has 0 saturated heterocycles. The molecule has 0 aromatic heterocycles. The van der Waals surface area contributed by atoms with E-state index in [-0.39, 0.29) is 5.56 Å². The van der Waals surface area contributed by atoms with Gasteiger partial charge in [-0.25, -0.2) is 0 Å². The molecular weight excluding hydrogens is 463 g/mol. The van der Waals surface area contributed by atoms with Crippen LogP contribution in [0.15, 0.2) is 83.7 Å². The van der Waals surface area contributed by atoms with Crippen molar-refractivity contribution in [1.29, 1.82) is 0 Å². The lowest BCUT2D eigenvalue weighted by atomic mass is 10.1. The van der Waals surface area contributed by atoms with E-state index in [1.54, 1.807) is 0 Å². The minimum atomic E-state index is -0.205. The molecule has 0 unspecified atom stereocenters. The Morgan fingerprint density at radius 1 is 0.786 bits per heavy atom.